The monoisotopic (exact) mass is 406 g/mol. The van der Waals surface area contributed by atoms with Gasteiger partial charge in [0.15, 0.2) is 5.78 Å². The quantitative estimate of drug-likeness (QED) is 0.303. The number of hydrogen-bond acceptors (Lipinski definition) is 7. The summed E-state index contributed by atoms with van der Waals surface area (Å²) in [6.07, 6.45) is 5.98. The molecule has 0 saturated carbocycles. The molecular weight excluding hydrogens is 380 g/mol. The number of thiazole rings is 2. The van der Waals surface area contributed by atoms with Crippen molar-refractivity contribution in [2.45, 2.75) is 47.0 Å². The Labute approximate surface area is 168 Å². The number of Topliss-reactive ketones (excluding diaryl/α,β-unsaturated/α-hetero) is 1. The second-order valence-corrected chi connectivity index (χ2v) is 8.58. The summed E-state index contributed by atoms with van der Waals surface area (Å²) < 4.78 is 5.32. The molecule has 0 saturated heterocycles. The van der Waals surface area contributed by atoms with Crippen LogP contribution in [0.5, 0.6) is 0 Å². The second kappa shape index (κ2) is 10.5. The van der Waals surface area contributed by atoms with Crippen molar-refractivity contribution < 1.29 is 14.3 Å². The highest BCUT2D eigenvalue weighted by Gasteiger charge is 2.28. The fraction of sp³-hybridized carbons (Fsp3) is 0.500. The van der Waals surface area contributed by atoms with Crippen LogP contribution < -0.4 is 0 Å². The molecule has 0 fully saturated rings. The van der Waals surface area contributed by atoms with Gasteiger partial charge in [0.1, 0.15) is 23.0 Å². The molecule has 2 aromatic heterocycles. The Morgan fingerprint density at radius 1 is 1.19 bits per heavy atom. The lowest BCUT2D eigenvalue weighted by molar-refractivity contribution is -0.148. The summed E-state index contributed by atoms with van der Waals surface area (Å²) in [5.74, 6) is -0.921. The standard InChI is InChI=1S/C20H26N2O3S2/c1-5-6-7-8-9-25-20(24)15(13(2)3)10-18(23)16-11-27-19(22-16)17-12-26-14(4)21-17/h7-8,11-13,15H,5-6,9-10H2,1-4H3/b8-7+/t15-/m0/s1. The summed E-state index contributed by atoms with van der Waals surface area (Å²) in [6, 6.07) is 0. The predicted molar refractivity (Wildman–Crippen MR) is 110 cm³/mol. The van der Waals surface area contributed by atoms with E-state index >= 15 is 0 Å². The van der Waals surface area contributed by atoms with Gasteiger partial charge in [-0.2, -0.15) is 0 Å². The number of aryl methyl sites for hydroxylation is 1. The van der Waals surface area contributed by atoms with E-state index in [2.05, 4.69) is 16.9 Å². The summed E-state index contributed by atoms with van der Waals surface area (Å²) in [5.41, 5.74) is 1.18. The zero-order valence-corrected chi connectivity index (χ0v) is 17.9. The van der Waals surface area contributed by atoms with Gasteiger partial charge in [-0.25, -0.2) is 9.97 Å². The summed E-state index contributed by atoms with van der Waals surface area (Å²) in [5, 5.41) is 5.36. The van der Waals surface area contributed by atoms with Gasteiger partial charge >= 0.3 is 5.97 Å². The third-order valence-corrected chi connectivity index (χ3v) is 5.72. The number of carbonyl (C=O) groups is 2. The van der Waals surface area contributed by atoms with Crippen molar-refractivity contribution in [3.05, 3.63) is 33.6 Å². The predicted octanol–water partition coefficient (Wildman–Crippen LogP) is 5.32. The lowest BCUT2D eigenvalue weighted by Gasteiger charge is -2.17. The molecule has 0 aliphatic rings. The zero-order chi connectivity index (χ0) is 19.8. The third-order valence-electron chi connectivity index (χ3n) is 4.08. The van der Waals surface area contributed by atoms with Crippen LogP contribution in [0, 0.1) is 18.8 Å². The van der Waals surface area contributed by atoms with Crippen molar-refractivity contribution >= 4 is 34.4 Å². The van der Waals surface area contributed by atoms with Crippen LogP contribution in [0.3, 0.4) is 0 Å². The van der Waals surface area contributed by atoms with Crippen molar-refractivity contribution in [3.8, 4) is 10.7 Å². The molecule has 0 aliphatic heterocycles. The van der Waals surface area contributed by atoms with Gasteiger partial charge in [-0.15, -0.1) is 22.7 Å². The lowest BCUT2D eigenvalue weighted by Crippen LogP contribution is -2.26. The summed E-state index contributed by atoms with van der Waals surface area (Å²) in [6.45, 7) is 8.13. The summed E-state index contributed by atoms with van der Waals surface area (Å²) in [7, 11) is 0. The molecule has 5 nitrogen and oxygen atoms in total. The minimum absolute atomic E-state index is 0.0142. The van der Waals surface area contributed by atoms with E-state index in [0.717, 1.165) is 28.6 Å². The molecule has 0 bridgehead atoms. The molecule has 0 unspecified atom stereocenters. The number of ether oxygens (including phenoxy) is 1. The molecule has 0 aliphatic carbocycles. The van der Waals surface area contributed by atoms with Gasteiger partial charge in [0, 0.05) is 17.2 Å². The fourth-order valence-electron chi connectivity index (χ4n) is 2.47. The number of carbonyl (C=O) groups excluding carboxylic acids is 2. The highest BCUT2D eigenvalue weighted by atomic mass is 32.1. The number of aromatic nitrogens is 2. The van der Waals surface area contributed by atoms with Gasteiger partial charge < -0.3 is 4.74 Å². The number of allylic oxidation sites excluding steroid dienone is 1. The third kappa shape index (κ3) is 6.36. The van der Waals surface area contributed by atoms with Gasteiger partial charge in [-0.1, -0.05) is 39.3 Å². The molecule has 2 rings (SSSR count). The number of unbranched alkanes of at least 4 members (excludes halogenated alkanes) is 1. The Morgan fingerprint density at radius 2 is 1.96 bits per heavy atom. The van der Waals surface area contributed by atoms with Gasteiger partial charge in [0.2, 0.25) is 0 Å². The number of esters is 1. The van der Waals surface area contributed by atoms with E-state index in [1.807, 2.05) is 38.3 Å². The van der Waals surface area contributed by atoms with Gasteiger partial charge in [0.05, 0.1) is 10.9 Å². The number of ketones is 1. The van der Waals surface area contributed by atoms with Crippen LogP contribution in [0.1, 0.15) is 55.5 Å². The largest absolute Gasteiger partial charge is 0.461 e. The van der Waals surface area contributed by atoms with E-state index in [9.17, 15) is 9.59 Å². The van der Waals surface area contributed by atoms with Crippen molar-refractivity contribution in [3.63, 3.8) is 0 Å². The van der Waals surface area contributed by atoms with Crippen LogP contribution in [0.2, 0.25) is 0 Å². The highest BCUT2D eigenvalue weighted by molar-refractivity contribution is 7.14. The van der Waals surface area contributed by atoms with E-state index in [1.54, 1.807) is 16.7 Å². The van der Waals surface area contributed by atoms with Crippen LogP contribution in [0.4, 0.5) is 0 Å². The summed E-state index contributed by atoms with van der Waals surface area (Å²) >= 11 is 2.95. The average molecular weight is 407 g/mol. The van der Waals surface area contributed by atoms with E-state index in [0.29, 0.717) is 5.69 Å². The van der Waals surface area contributed by atoms with Gasteiger partial charge in [-0.05, 0) is 19.3 Å². The molecule has 146 valence electrons. The van der Waals surface area contributed by atoms with Crippen LogP contribution in [-0.2, 0) is 9.53 Å². The number of rotatable bonds is 10. The topological polar surface area (TPSA) is 69.2 Å². The first-order valence-corrected chi connectivity index (χ1v) is 10.9. The maximum atomic E-state index is 12.6. The maximum Gasteiger partial charge on any atom is 0.309 e. The first kappa shape index (κ1) is 21.4. The molecule has 0 radical (unpaired) electrons. The van der Waals surface area contributed by atoms with Crippen molar-refractivity contribution in [1.82, 2.24) is 9.97 Å². The molecule has 0 N–H and O–H groups in total. The second-order valence-electron chi connectivity index (χ2n) is 6.66. The SMILES string of the molecule is CCC/C=C/COC(=O)[C@@H](CC(=O)c1csc(-c2csc(C)n2)n1)C(C)C. The van der Waals surface area contributed by atoms with Crippen LogP contribution >= 0.6 is 22.7 Å². The fourth-order valence-corrected chi connectivity index (χ4v) is 3.92. The van der Waals surface area contributed by atoms with Crippen LogP contribution in [0.15, 0.2) is 22.9 Å². The smallest absolute Gasteiger partial charge is 0.309 e. The van der Waals surface area contributed by atoms with E-state index in [-0.39, 0.29) is 30.7 Å². The average Bonchev–Trinajstić information content (AvgIpc) is 3.27. The van der Waals surface area contributed by atoms with E-state index in [4.69, 9.17) is 4.74 Å². The lowest BCUT2D eigenvalue weighted by atomic mass is 9.90. The molecule has 27 heavy (non-hydrogen) atoms. The summed E-state index contributed by atoms with van der Waals surface area (Å²) in [4.78, 5) is 33.8. The maximum absolute atomic E-state index is 12.6. The Bertz CT molecular complexity index is 793. The van der Waals surface area contributed by atoms with E-state index in [1.165, 1.54) is 11.3 Å². The zero-order valence-electron chi connectivity index (χ0n) is 16.2. The van der Waals surface area contributed by atoms with Crippen molar-refractivity contribution in [2.24, 2.45) is 11.8 Å². The number of nitrogens with zero attached hydrogens (tertiary/aromatic N) is 2. The molecule has 2 aromatic rings. The van der Waals surface area contributed by atoms with Crippen molar-refractivity contribution in [2.75, 3.05) is 6.61 Å². The molecule has 0 spiro atoms. The minimum atomic E-state index is -0.469. The van der Waals surface area contributed by atoms with Crippen LogP contribution in [0.25, 0.3) is 10.7 Å². The molecule has 0 aromatic carbocycles. The Morgan fingerprint density at radius 3 is 2.59 bits per heavy atom. The molecule has 7 heteroatoms. The molecule has 0 amide bonds. The van der Waals surface area contributed by atoms with Crippen molar-refractivity contribution in [1.29, 1.82) is 0 Å². The molecule has 2 heterocycles. The number of hydrogen-bond donors (Lipinski definition) is 0. The molecular formula is C20H26N2O3S2. The Kier molecular flexibility index (Phi) is 8.31. The minimum Gasteiger partial charge on any atom is -0.461 e. The molecule has 1 atom stereocenters. The van der Waals surface area contributed by atoms with Gasteiger partial charge in [-0.3, -0.25) is 9.59 Å². The van der Waals surface area contributed by atoms with E-state index < -0.39 is 5.92 Å². The first-order valence-electron chi connectivity index (χ1n) is 9.15. The Balaban J connectivity index is 1.98. The highest BCUT2D eigenvalue weighted by Crippen LogP contribution is 2.27. The first-order chi connectivity index (χ1) is 12.9. The Hall–Kier alpha value is -1.86. The normalized spacial score (nSPS) is 12.6. The van der Waals surface area contributed by atoms with Crippen LogP contribution in [-0.4, -0.2) is 28.3 Å². The van der Waals surface area contributed by atoms with Gasteiger partial charge in [0.25, 0.3) is 0 Å².